The molecule has 4 heterocycles. The third-order valence-electron chi connectivity index (χ3n) is 13.0. The molecule has 1 aliphatic heterocycles. The van der Waals surface area contributed by atoms with Crippen molar-refractivity contribution in [3.63, 3.8) is 0 Å². The Morgan fingerprint density at radius 2 is 1.63 bits per heavy atom. The van der Waals surface area contributed by atoms with Gasteiger partial charge in [-0.2, -0.15) is 5.10 Å². The fourth-order valence-corrected chi connectivity index (χ4v) is 10.4. The molecule has 0 saturated carbocycles. The number of rotatable bonds is 11. The Bertz CT molecular complexity index is 2200. The van der Waals surface area contributed by atoms with Crippen LogP contribution in [0, 0.1) is 30.1 Å². The Morgan fingerprint density at radius 3 is 2.28 bits per heavy atom. The zero-order valence-corrected chi connectivity index (χ0v) is 36.3. The van der Waals surface area contributed by atoms with Crippen molar-refractivity contribution in [3.8, 4) is 11.4 Å². The van der Waals surface area contributed by atoms with Gasteiger partial charge in [0.05, 0.1) is 35.8 Å². The highest BCUT2D eigenvalue weighted by Crippen LogP contribution is 2.59. The van der Waals surface area contributed by atoms with E-state index in [1.807, 2.05) is 65.5 Å². The lowest BCUT2D eigenvalue weighted by Crippen LogP contribution is -2.64. The number of amides is 2. The predicted octanol–water partition coefficient (Wildman–Crippen LogP) is 9.30. The van der Waals surface area contributed by atoms with Gasteiger partial charge in [-0.05, 0) is 79.3 Å². The Balaban J connectivity index is 1.13. The van der Waals surface area contributed by atoms with Crippen molar-refractivity contribution in [2.45, 2.75) is 112 Å². The van der Waals surface area contributed by atoms with E-state index in [-0.39, 0.29) is 40.5 Å². The maximum Gasteiger partial charge on any atom is 0.320 e. The summed E-state index contributed by atoms with van der Waals surface area (Å²) in [5.74, 6) is 3.26. The SMILES string of the molecule is Cc1ccc(-n2nc(C(C)(C)C)cc2NC(=O)N[C@H]2CC[C@@H](Oc3ccc4nnc(N5CCC(C(C)C)(C(C)C)C5(CO[Si])C(C)C)n4c3)c3ccccc32)cc1. The molecule has 57 heavy (non-hydrogen) atoms. The van der Waals surface area contributed by atoms with E-state index < -0.39 is 0 Å². The highest BCUT2D eigenvalue weighted by molar-refractivity contribution is 5.98. The summed E-state index contributed by atoms with van der Waals surface area (Å²) in [6.07, 6.45) is 4.29. The second-order valence-electron chi connectivity index (χ2n) is 18.1. The van der Waals surface area contributed by atoms with Crippen LogP contribution in [0.15, 0.2) is 72.9 Å². The highest BCUT2D eigenvalue weighted by Gasteiger charge is 2.64. The first-order valence-corrected chi connectivity index (χ1v) is 20.9. The second-order valence-corrected chi connectivity index (χ2v) is 18.4. The molecule has 12 heteroatoms. The molecule has 7 rings (SSSR count). The fraction of sp³-hybridized carbons (Fsp3) is 0.511. The van der Waals surface area contributed by atoms with Gasteiger partial charge >= 0.3 is 6.03 Å². The Labute approximate surface area is 341 Å². The quantitative estimate of drug-likeness (QED) is 0.128. The summed E-state index contributed by atoms with van der Waals surface area (Å²) < 4.78 is 16.6. The number of carbonyl (C=O) groups excluding carboxylic acids is 1. The van der Waals surface area contributed by atoms with E-state index in [9.17, 15) is 4.79 Å². The molecule has 2 N–H and O–H groups in total. The van der Waals surface area contributed by atoms with Crippen LogP contribution in [0.2, 0.25) is 0 Å². The normalized spacial score (nSPS) is 20.8. The first kappa shape index (κ1) is 40.5. The van der Waals surface area contributed by atoms with Crippen molar-refractivity contribution in [2.75, 3.05) is 23.4 Å². The van der Waals surface area contributed by atoms with Gasteiger partial charge in [-0.1, -0.05) is 104 Å². The minimum Gasteiger partial charge on any atom is -0.484 e. The molecule has 5 aromatic rings. The number of nitrogens with zero attached hydrogens (tertiary/aromatic N) is 6. The lowest BCUT2D eigenvalue weighted by molar-refractivity contribution is -0.0202. The number of aromatic nitrogens is 5. The predicted molar refractivity (Wildman–Crippen MR) is 227 cm³/mol. The van der Waals surface area contributed by atoms with Gasteiger partial charge in [0, 0.05) is 23.4 Å². The number of ether oxygens (including phenoxy) is 1. The number of hydrogen-bond donors (Lipinski definition) is 2. The van der Waals surface area contributed by atoms with Gasteiger partial charge in [0.25, 0.3) is 0 Å². The number of carbonyl (C=O) groups is 1. The van der Waals surface area contributed by atoms with Gasteiger partial charge < -0.3 is 19.4 Å². The molecule has 2 amide bonds. The van der Waals surface area contributed by atoms with E-state index in [0.717, 1.165) is 64.8 Å². The highest BCUT2D eigenvalue weighted by atomic mass is 28.2. The van der Waals surface area contributed by atoms with Crippen LogP contribution in [0.4, 0.5) is 16.6 Å². The summed E-state index contributed by atoms with van der Waals surface area (Å²) in [5, 5.41) is 20.7. The van der Waals surface area contributed by atoms with Crippen molar-refractivity contribution in [2.24, 2.45) is 23.2 Å². The number of benzene rings is 2. The molecule has 0 spiro atoms. The van der Waals surface area contributed by atoms with Crippen LogP contribution < -0.4 is 20.3 Å². The van der Waals surface area contributed by atoms with Crippen LogP contribution in [-0.2, 0) is 9.84 Å². The van der Waals surface area contributed by atoms with Gasteiger partial charge in [0.15, 0.2) is 5.65 Å². The monoisotopic (exact) mass is 787 g/mol. The van der Waals surface area contributed by atoms with Crippen LogP contribution in [0.5, 0.6) is 5.75 Å². The molecular formula is C45H59N8O3Si. The van der Waals surface area contributed by atoms with Crippen molar-refractivity contribution in [3.05, 3.63) is 95.3 Å². The van der Waals surface area contributed by atoms with Crippen LogP contribution in [-0.4, -0.2) is 59.6 Å². The smallest absolute Gasteiger partial charge is 0.320 e. The van der Waals surface area contributed by atoms with Gasteiger partial charge in [0.2, 0.25) is 16.4 Å². The summed E-state index contributed by atoms with van der Waals surface area (Å²) in [6.45, 7) is 23.8. The van der Waals surface area contributed by atoms with Crippen LogP contribution in [0.25, 0.3) is 11.3 Å². The Hall–Kier alpha value is -4.68. The molecule has 1 saturated heterocycles. The third-order valence-corrected chi connectivity index (χ3v) is 13.1. The molecular weight excluding hydrogens is 729 g/mol. The maximum atomic E-state index is 13.7. The topological polar surface area (TPSA) is 111 Å². The van der Waals surface area contributed by atoms with E-state index in [2.05, 4.69) is 117 Å². The van der Waals surface area contributed by atoms with E-state index in [1.54, 1.807) is 0 Å². The molecule has 1 aliphatic carbocycles. The standard InChI is InChI=1S/C45H59N8O3Si/c1-28(2)44(29(3)4)23-24-52(45(44,27-55-57)30(5)6)42-49-48-39-22-19-33(26-51(39)42)56-37-21-20-36(34-13-11-12-14-35(34)37)46-41(54)47-40-25-38(43(8,9)10)50-53(40)32-17-15-31(7)16-18-32/h11-19,22,25-26,28-30,36-37H,20-21,23-24,27H2,1-10H3,(H2,46,47,54)/t36-,37+,45?/m0/s1. The number of aryl methyl sites for hydroxylation is 1. The number of hydrogen-bond acceptors (Lipinski definition) is 7. The van der Waals surface area contributed by atoms with Crippen LogP contribution in [0.3, 0.4) is 0 Å². The molecule has 1 fully saturated rings. The van der Waals surface area contributed by atoms with Gasteiger partial charge in [0.1, 0.15) is 17.7 Å². The fourth-order valence-electron chi connectivity index (χ4n) is 10.2. The van der Waals surface area contributed by atoms with Gasteiger partial charge in [-0.3, -0.25) is 9.72 Å². The minimum atomic E-state index is -0.331. The summed E-state index contributed by atoms with van der Waals surface area (Å²) in [5.41, 5.74) is 5.27. The first-order chi connectivity index (χ1) is 27.1. The van der Waals surface area contributed by atoms with Crippen molar-refractivity contribution in [1.29, 1.82) is 0 Å². The third kappa shape index (κ3) is 7.13. The Kier molecular flexibility index (Phi) is 11.1. The number of urea groups is 1. The largest absolute Gasteiger partial charge is 0.484 e. The van der Waals surface area contributed by atoms with E-state index >= 15 is 0 Å². The number of fused-ring (bicyclic) bond motifs is 2. The average molecular weight is 788 g/mol. The van der Waals surface area contributed by atoms with Crippen molar-refractivity contribution in [1.82, 2.24) is 29.7 Å². The molecule has 0 bridgehead atoms. The zero-order chi connectivity index (χ0) is 40.9. The van der Waals surface area contributed by atoms with Crippen LogP contribution in [0.1, 0.15) is 116 Å². The lowest BCUT2D eigenvalue weighted by atomic mass is 9.54. The molecule has 3 radical (unpaired) electrons. The first-order valence-electron chi connectivity index (χ1n) is 20.5. The maximum absolute atomic E-state index is 13.7. The van der Waals surface area contributed by atoms with E-state index in [1.165, 1.54) is 0 Å². The summed E-state index contributed by atoms with van der Waals surface area (Å²) in [6, 6.07) is 21.8. The number of anilines is 2. The van der Waals surface area contributed by atoms with Gasteiger partial charge in [-0.25, -0.2) is 9.48 Å². The summed E-state index contributed by atoms with van der Waals surface area (Å²) in [4.78, 5) is 16.2. The molecule has 2 aliphatic rings. The van der Waals surface area contributed by atoms with Crippen molar-refractivity contribution >= 4 is 33.9 Å². The Morgan fingerprint density at radius 1 is 0.930 bits per heavy atom. The molecule has 3 atom stereocenters. The van der Waals surface area contributed by atoms with E-state index in [4.69, 9.17) is 19.4 Å². The van der Waals surface area contributed by atoms with Crippen LogP contribution >= 0.6 is 0 Å². The van der Waals surface area contributed by atoms with Crippen molar-refractivity contribution < 1.29 is 14.0 Å². The number of pyridine rings is 1. The molecule has 1 unspecified atom stereocenters. The lowest BCUT2D eigenvalue weighted by Gasteiger charge is -2.56. The second kappa shape index (κ2) is 15.6. The minimum absolute atomic E-state index is 0.0152. The van der Waals surface area contributed by atoms with E-state index in [0.29, 0.717) is 30.7 Å². The number of nitrogens with one attached hydrogen (secondary N) is 2. The summed E-state index contributed by atoms with van der Waals surface area (Å²) >= 11 is 0. The molecule has 301 valence electrons. The molecule has 11 nitrogen and oxygen atoms in total. The molecule has 2 aromatic carbocycles. The zero-order valence-electron chi connectivity index (χ0n) is 35.3. The average Bonchev–Trinajstić information content (AvgIpc) is 3.88. The van der Waals surface area contributed by atoms with Gasteiger partial charge in [-0.15, -0.1) is 10.2 Å². The molecule has 3 aromatic heterocycles. The summed E-state index contributed by atoms with van der Waals surface area (Å²) in [7, 11) is 3.42.